The molecule has 0 amide bonds. The van der Waals surface area contributed by atoms with E-state index in [9.17, 15) is 0 Å². The lowest BCUT2D eigenvalue weighted by molar-refractivity contribution is 0.0537. The third-order valence-electron chi connectivity index (χ3n) is 7.73. The van der Waals surface area contributed by atoms with Gasteiger partial charge < -0.3 is 4.74 Å². The molecule has 3 rings (SSSR count). The van der Waals surface area contributed by atoms with Gasteiger partial charge >= 0.3 is 0 Å². The molecule has 0 aromatic carbocycles. The van der Waals surface area contributed by atoms with E-state index in [0.717, 1.165) is 29.6 Å². The van der Waals surface area contributed by atoms with Crippen LogP contribution in [0.25, 0.3) is 0 Å². The zero-order valence-electron chi connectivity index (χ0n) is 17.8. The Hall–Kier alpha value is -0.0400. The molecule has 0 spiro atoms. The Balaban J connectivity index is 0.00000109. The highest BCUT2D eigenvalue weighted by molar-refractivity contribution is 4.82. The maximum Gasteiger partial charge on any atom is 0.0571 e. The SMILES string of the molecule is CC.COC1CCC(CCC2CCC(C3CCC(C)CC3)CC2)CC1. The minimum absolute atomic E-state index is 0.569. The first-order valence-electron chi connectivity index (χ1n) is 11.8. The maximum absolute atomic E-state index is 5.51. The normalized spacial score (nSPS) is 39.4. The van der Waals surface area contributed by atoms with Crippen LogP contribution in [-0.2, 0) is 4.74 Å². The summed E-state index contributed by atoms with van der Waals surface area (Å²) in [7, 11) is 1.89. The summed E-state index contributed by atoms with van der Waals surface area (Å²) < 4.78 is 5.51. The van der Waals surface area contributed by atoms with Crippen LogP contribution in [0.2, 0.25) is 0 Å². The molecule has 1 nitrogen and oxygen atoms in total. The summed E-state index contributed by atoms with van der Waals surface area (Å²) >= 11 is 0. The van der Waals surface area contributed by atoms with Gasteiger partial charge in [-0.05, 0) is 81.0 Å². The van der Waals surface area contributed by atoms with Crippen molar-refractivity contribution >= 4 is 0 Å². The molecule has 148 valence electrons. The van der Waals surface area contributed by atoms with Crippen molar-refractivity contribution in [2.45, 2.75) is 117 Å². The smallest absolute Gasteiger partial charge is 0.0571 e. The van der Waals surface area contributed by atoms with Crippen LogP contribution in [0.15, 0.2) is 0 Å². The third-order valence-corrected chi connectivity index (χ3v) is 7.73. The second-order valence-corrected chi connectivity index (χ2v) is 9.26. The molecule has 0 aliphatic heterocycles. The van der Waals surface area contributed by atoms with Crippen molar-refractivity contribution in [3.63, 3.8) is 0 Å². The highest BCUT2D eigenvalue weighted by atomic mass is 16.5. The number of rotatable bonds is 5. The molecular weight excluding hydrogens is 304 g/mol. The molecule has 0 unspecified atom stereocenters. The molecule has 0 atom stereocenters. The van der Waals surface area contributed by atoms with E-state index < -0.39 is 0 Å². The summed E-state index contributed by atoms with van der Waals surface area (Å²) in [4.78, 5) is 0. The Morgan fingerprint density at radius 3 is 1.44 bits per heavy atom. The molecule has 3 fully saturated rings. The lowest BCUT2D eigenvalue weighted by atomic mass is 9.68. The van der Waals surface area contributed by atoms with Gasteiger partial charge in [0.25, 0.3) is 0 Å². The predicted octanol–water partition coefficient (Wildman–Crippen LogP) is 7.63. The summed E-state index contributed by atoms with van der Waals surface area (Å²) in [6.07, 6.45) is 21.4. The van der Waals surface area contributed by atoms with Crippen LogP contribution in [0.1, 0.15) is 111 Å². The summed E-state index contributed by atoms with van der Waals surface area (Å²) in [6, 6.07) is 0. The van der Waals surface area contributed by atoms with Crippen molar-refractivity contribution in [1.82, 2.24) is 0 Å². The van der Waals surface area contributed by atoms with E-state index in [2.05, 4.69) is 6.92 Å². The molecule has 0 N–H and O–H groups in total. The highest BCUT2D eigenvalue weighted by Gasteiger charge is 2.30. The van der Waals surface area contributed by atoms with Gasteiger partial charge in [-0.15, -0.1) is 0 Å². The summed E-state index contributed by atoms with van der Waals surface area (Å²) in [5.41, 5.74) is 0. The maximum atomic E-state index is 5.51. The van der Waals surface area contributed by atoms with E-state index in [1.165, 1.54) is 51.4 Å². The van der Waals surface area contributed by atoms with Crippen LogP contribution >= 0.6 is 0 Å². The molecule has 0 aromatic heterocycles. The second kappa shape index (κ2) is 11.6. The predicted molar refractivity (Wildman–Crippen MR) is 110 cm³/mol. The number of hydrogen-bond donors (Lipinski definition) is 0. The Morgan fingerprint density at radius 1 is 0.600 bits per heavy atom. The Bertz CT molecular complexity index is 315. The summed E-state index contributed by atoms with van der Waals surface area (Å²) in [6.45, 7) is 6.45. The van der Waals surface area contributed by atoms with Gasteiger partial charge in [0.15, 0.2) is 0 Å². The largest absolute Gasteiger partial charge is 0.381 e. The molecule has 0 heterocycles. The van der Waals surface area contributed by atoms with Gasteiger partial charge in [-0.2, -0.15) is 0 Å². The van der Waals surface area contributed by atoms with Gasteiger partial charge in [-0.1, -0.05) is 59.3 Å². The first-order valence-corrected chi connectivity index (χ1v) is 11.8. The van der Waals surface area contributed by atoms with Gasteiger partial charge in [-0.25, -0.2) is 0 Å². The van der Waals surface area contributed by atoms with Gasteiger partial charge in [0.1, 0.15) is 0 Å². The van der Waals surface area contributed by atoms with Crippen molar-refractivity contribution < 1.29 is 4.74 Å². The average Bonchev–Trinajstić information content (AvgIpc) is 2.69. The minimum Gasteiger partial charge on any atom is -0.381 e. The molecule has 0 bridgehead atoms. The molecule has 1 heteroatoms. The van der Waals surface area contributed by atoms with E-state index in [1.54, 1.807) is 38.5 Å². The molecule has 0 radical (unpaired) electrons. The van der Waals surface area contributed by atoms with E-state index >= 15 is 0 Å². The van der Waals surface area contributed by atoms with Crippen LogP contribution in [-0.4, -0.2) is 13.2 Å². The van der Waals surface area contributed by atoms with Crippen LogP contribution in [0.3, 0.4) is 0 Å². The van der Waals surface area contributed by atoms with Crippen LogP contribution in [0.5, 0.6) is 0 Å². The number of methoxy groups -OCH3 is 1. The van der Waals surface area contributed by atoms with E-state index in [-0.39, 0.29) is 0 Å². The first kappa shape index (κ1) is 21.3. The Labute approximate surface area is 158 Å². The zero-order chi connectivity index (χ0) is 18.1. The van der Waals surface area contributed by atoms with Crippen LogP contribution in [0.4, 0.5) is 0 Å². The molecule has 3 aliphatic carbocycles. The fourth-order valence-electron chi connectivity index (χ4n) is 5.83. The standard InChI is InChI=1S/C22H40O.C2H6/c1-17-3-11-20(12-4-17)21-13-7-18(8-14-21)5-6-19-9-15-22(23-2)16-10-19;1-2/h17-22H,3-16H2,1-2H3;1-2H3. The minimum atomic E-state index is 0.569. The van der Waals surface area contributed by atoms with Crippen molar-refractivity contribution in [3.05, 3.63) is 0 Å². The van der Waals surface area contributed by atoms with Gasteiger partial charge in [0, 0.05) is 7.11 Å². The van der Waals surface area contributed by atoms with Crippen LogP contribution < -0.4 is 0 Å². The topological polar surface area (TPSA) is 9.23 Å². The van der Waals surface area contributed by atoms with Crippen molar-refractivity contribution in [2.75, 3.05) is 7.11 Å². The Kier molecular flexibility index (Phi) is 9.89. The van der Waals surface area contributed by atoms with Crippen molar-refractivity contribution in [1.29, 1.82) is 0 Å². The lowest BCUT2D eigenvalue weighted by Gasteiger charge is -2.37. The van der Waals surface area contributed by atoms with Gasteiger partial charge in [0.05, 0.1) is 6.10 Å². The fraction of sp³-hybridized carbons (Fsp3) is 1.00. The van der Waals surface area contributed by atoms with E-state index in [1.807, 2.05) is 21.0 Å². The zero-order valence-corrected chi connectivity index (χ0v) is 17.8. The number of ether oxygens (including phenoxy) is 1. The molecule has 3 aliphatic rings. The monoisotopic (exact) mass is 350 g/mol. The molecule has 25 heavy (non-hydrogen) atoms. The third kappa shape index (κ3) is 6.89. The van der Waals surface area contributed by atoms with E-state index in [0.29, 0.717) is 6.10 Å². The van der Waals surface area contributed by atoms with Crippen molar-refractivity contribution in [2.24, 2.45) is 29.6 Å². The summed E-state index contributed by atoms with van der Waals surface area (Å²) in [5, 5.41) is 0. The fourth-order valence-corrected chi connectivity index (χ4v) is 5.83. The van der Waals surface area contributed by atoms with E-state index in [4.69, 9.17) is 4.74 Å². The number of hydrogen-bond acceptors (Lipinski definition) is 1. The van der Waals surface area contributed by atoms with Gasteiger partial charge in [0.2, 0.25) is 0 Å². The summed E-state index contributed by atoms with van der Waals surface area (Å²) in [5.74, 6) is 5.27. The quantitative estimate of drug-likeness (QED) is 0.495. The molecular formula is C24H46O. The van der Waals surface area contributed by atoms with Crippen LogP contribution in [0, 0.1) is 29.6 Å². The van der Waals surface area contributed by atoms with Crippen molar-refractivity contribution in [3.8, 4) is 0 Å². The molecule has 0 saturated heterocycles. The lowest BCUT2D eigenvalue weighted by Crippen LogP contribution is -2.26. The van der Waals surface area contributed by atoms with Gasteiger partial charge in [-0.3, -0.25) is 0 Å². The highest BCUT2D eigenvalue weighted by Crippen LogP contribution is 2.42. The second-order valence-electron chi connectivity index (χ2n) is 9.26. The average molecular weight is 351 g/mol. The first-order chi connectivity index (χ1) is 12.2. The molecule has 3 saturated carbocycles. The molecule has 0 aromatic rings. The Morgan fingerprint density at radius 2 is 1.00 bits per heavy atom.